The molecule has 0 spiro atoms. The van der Waals surface area contributed by atoms with Gasteiger partial charge in [0, 0.05) is 23.7 Å². The van der Waals surface area contributed by atoms with Gasteiger partial charge in [-0.2, -0.15) is 0 Å². The Bertz CT molecular complexity index is 669. The van der Waals surface area contributed by atoms with Gasteiger partial charge in [0.25, 0.3) is 5.91 Å². The third kappa shape index (κ3) is 1.55. The minimum atomic E-state index is -1.46. The van der Waals surface area contributed by atoms with Crippen LogP contribution in [-0.2, 0) is 5.72 Å². The third-order valence-electron chi connectivity index (χ3n) is 3.80. The van der Waals surface area contributed by atoms with Gasteiger partial charge >= 0.3 is 0 Å². The molecule has 3 rings (SSSR count). The normalized spacial score (nSPS) is 20.9. The number of benzene rings is 2. The van der Waals surface area contributed by atoms with E-state index in [9.17, 15) is 9.90 Å². The van der Waals surface area contributed by atoms with Crippen LogP contribution in [0.5, 0.6) is 5.75 Å². The summed E-state index contributed by atoms with van der Waals surface area (Å²) in [6.45, 7) is 0. The van der Waals surface area contributed by atoms with Gasteiger partial charge in [0.05, 0.1) is 7.11 Å². The van der Waals surface area contributed by atoms with E-state index >= 15 is 0 Å². The second kappa shape index (κ2) is 4.35. The first-order chi connectivity index (χ1) is 9.59. The number of fused-ring (bicyclic) bond motifs is 1. The average molecular weight is 269 g/mol. The highest BCUT2D eigenvalue weighted by molar-refractivity contribution is 6.00. The molecule has 20 heavy (non-hydrogen) atoms. The van der Waals surface area contributed by atoms with Crippen molar-refractivity contribution >= 4 is 5.91 Å². The molecule has 1 heterocycles. The summed E-state index contributed by atoms with van der Waals surface area (Å²) < 4.78 is 5.20. The molecule has 102 valence electrons. The summed E-state index contributed by atoms with van der Waals surface area (Å²) in [5, 5.41) is 11.1. The lowest BCUT2D eigenvalue weighted by molar-refractivity contribution is -0.0370. The third-order valence-corrected chi connectivity index (χ3v) is 3.80. The molecule has 1 aliphatic rings. The first kappa shape index (κ1) is 12.7. The maximum absolute atomic E-state index is 12.3. The minimum Gasteiger partial charge on any atom is -0.497 e. The van der Waals surface area contributed by atoms with Crippen LogP contribution >= 0.6 is 0 Å². The van der Waals surface area contributed by atoms with Crippen molar-refractivity contribution in [2.24, 2.45) is 0 Å². The fraction of sp³-hybridized carbons (Fsp3) is 0.188. The van der Waals surface area contributed by atoms with Gasteiger partial charge in [-0.15, -0.1) is 0 Å². The summed E-state index contributed by atoms with van der Waals surface area (Å²) in [4.78, 5) is 13.7. The molecule has 1 N–H and O–H groups in total. The molecule has 1 amide bonds. The van der Waals surface area contributed by atoms with Crippen molar-refractivity contribution < 1.29 is 14.6 Å². The van der Waals surface area contributed by atoms with E-state index in [1.807, 2.05) is 18.2 Å². The summed E-state index contributed by atoms with van der Waals surface area (Å²) >= 11 is 0. The molecule has 0 saturated carbocycles. The fourth-order valence-electron chi connectivity index (χ4n) is 2.65. The van der Waals surface area contributed by atoms with Crippen LogP contribution in [0, 0.1) is 0 Å². The Kier molecular flexibility index (Phi) is 2.76. The zero-order chi connectivity index (χ0) is 14.3. The van der Waals surface area contributed by atoms with Gasteiger partial charge < -0.3 is 14.7 Å². The number of aliphatic hydroxyl groups is 1. The molecular formula is C16H15NO3. The molecule has 0 aromatic heterocycles. The standard InChI is InChI=1S/C16H15NO3/c1-17-15(18)13-9-8-12(20-2)10-14(13)16(17,19)11-6-4-3-5-7-11/h3-10,19H,1-2H3. The summed E-state index contributed by atoms with van der Waals surface area (Å²) in [5.41, 5.74) is 0.250. The van der Waals surface area contributed by atoms with Crippen LogP contribution in [0.2, 0.25) is 0 Å². The second-order valence-electron chi connectivity index (χ2n) is 4.81. The molecule has 1 unspecified atom stereocenters. The quantitative estimate of drug-likeness (QED) is 0.907. The molecule has 0 fully saturated rings. The first-order valence-electron chi connectivity index (χ1n) is 6.33. The molecular weight excluding hydrogens is 254 g/mol. The zero-order valence-corrected chi connectivity index (χ0v) is 11.3. The summed E-state index contributed by atoms with van der Waals surface area (Å²) in [6.07, 6.45) is 0. The highest BCUT2D eigenvalue weighted by Gasteiger charge is 2.48. The van der Waals surface area contributed by atoms with Gasteiger partial charge in [-0.1, -0.05) is 30.3 Å². The molecule has 1 aliphatic heterocycles. The maximum Gasteiger partial charge on any atom is 0.256 e. The maximum atomic E-state index is 12.3. The lowest BCUT2D eigenvalue weighted by atomic mass is 9.94. The van der Waals surface area contributed by atoms with Crippen molar-refractivity contribution in [2.75, 3.05) is 14.2 Å². The number of hydrogen-bond donors (Lipinski definition) is 1. The Balaban J connectivity index is 2.26. The van der Waals surface area contributed by atoms with E-state index in [1.54, 1.807) is 44.5 Å². The topological polar surface area (TPSA) is 49.8 Å². The molecule has 2 aromatic rings. The Morgan fingerprint density at radius 3 is 2.50 bits per heavy atom. The lowest BCUT2D eigenvalue weighted by Crippen LogP contribution is -2.41. The van der Waals surface area contributed by atoms with E-state index < -0.39 is 5.72 Å². The van der Waals surface area contributed by atoms with Crippen LogP contribution in [0.1, 0.15) is 21.5 Å². The van der Waals surface area contributed by atoms with Crippen LogP contribution in [0.25, 0.3) is 0 Å². The van der Waals surface area contributed by atoms with Gasteiger partial charge in [0.2, 0.25) is 0 Å². The SMILES string of the molecule is COc1ccc2c(c1)C(O)(c1ccccc1)N(C)C2=O. The molecule has 4 nitrogen and oxygen atoms in total. The van der Waals surface area contributed by atoms with E-state index in [0.717, 1.165) is 0 Å². The molecule has 4 heteroatoms. The van der Waals surface area contributed by atoms with Crippen LogP contribution in [0.3, 0.4) is 0 Å². The number of carbonyl (C=O) groups is 1. The van der Waals surface area contributed by atoms with E-state index in [1.165, 1.54) is 4.90 Å². The van der Waals surface area contributed by atoms with Gasteiger partial charge in [0.15, 0.2) is 5.72 Å². The lowest BCUT2D eigenvalue weighted by Gasteiger charge is -2.31. The van der Waals surface area contributed by atoms with Crippen LogP contribution in [0.4, 0.5) is 0 Å². The number of rotatable bonds is 2. The van der Waals surface area contributed by atoms with E-state index in [2.05, 4.69) is 0 Å². The number of methoxy groups -OCH3 is 1. The molecule has 0 bridgehead atoms. The Labute approximate surface area is 117 Å². The fourth-order valence-corrected chi connectivity index (χ4v) is 2.65. The van der Waals surface area contributed by atoms with E-state index in [0.29, 0.717) is 22.4 Å². The highest BCUT2D eigenvalue weighted by Crippen LogP contribution is 2.42. The highest BCUT2D eigenvalue weighted by atomic mass is 16.5. The molecule has 0 aliphatic carbocycles. The van der Waals surface area contributed by atoms with Crippen molar-refractivity contribution in [1.29, 1.82) is 0 Å². The van der Waals surface area contributed by atoms with Crippen molar-refractivity contribution in [3.05, 3.63) is 65.2 Å². The smallest absolute Gasteiger partial charge is 0.256 e. The summed E-state index contributed by atoms with van der Waals surface area (Å²) in [5.74, 6) is 0.412. The van der Waals surface area contributed by atoms with E-state index in [4.69, 9.17) is 4.74 Å². The molecule has 1 atom stereocenters. The summed E-state index contributed by atoms with van der Waals surface area (Å²) in [6, 6.07) is 14.3. The largest absolute Gasteiger partial charge is 0.497 e. The molecule has 0 radical (unpaired) electrons. The van der Waals surface area contributed by atoms with Crippen molar-refractivity contribution in [3.63, 3.8) is 0 Å². The predicted octanol–water partition coefficient (Wildman–Crippen LogP) is 1.97. The van der Waals surface area contributed by atoms with Crippen LogP contribution < -0.4 is 4.74 Å². The molecule has 0 saturated heterocycles. The van der Waals surface area contributed by atoms with Gasteiger partial charge in [-0.3, -0.25) is 4.79 Å². The Hall–Kier alpha value is -2.33. The second-order valence-corrected chi connectivity index (χ2v) is 4.81. The summed E-state index contributed by atoms with van der Waals surface area (Å²) in [7, 11) is 3.16. The van der Waals surface area contributed by atoms with Crippen molar-refractivity contribution in [2.45, 2.75) is 5.72 Å². The van der Waals surface area contributed by atoms with Gasteiger partial charge in [-0.05, 0) is 18.2 Å². The average Bonchev–Trinajstić information content (AvgIpc) is 2.70. The zero-order valence-electron chi connectivity index (χ0n) is 11.3. The van der Waals surface area contributed by atoms with Crippen molar-refractivity contribution in [1.82, 2.24) is 4.90 Å². The first-order valence-corrected chi connectivity index (χ1v) is 6.33. The number of hydrogen-bond acceptors (Lipinski definition) is 3. The minimum absolute atomic E-state index is 0.200. The Morgan fingerprint density at radius 2 is 1.85 bits per heavy atom. The number of ether oxygens (including phenoxy) is 1. The van der Waals surface area contributed by atoms with Crippen molar-refractivity contribution in [3.8, 4) is 5.75 Å². The number of nitrogens with zero attached hydrogens (tertiary/aromatic N) is 1. The Morgan fingerprint density at radius 1 is 1.15 bits per heavy atom. The predicted molar refractivity (Wildman–Crippen MR) is 74.5 cm³/mol. The monoisotopic (exact) mass is 269 g/mol. The van der Waals surface area contributed by atoms with Gasteiger partial charge in [0.1, 0.15) is 5.75 Å². The van der Waals surface area contributed by atoms with E-state index in [-0.39, 0.29) is 5.91 Å². The van der Waals surface area contributed by atoms with Crippen LogP contribution in [-0.4, -0.2) is 30.1 Å². The van der Waals surface area contributed by atoms with Gasteiger partial charge in [-0.25, -0.2) is 0 Å². The van der Waals surface area contributed by atoms with Crippen LogP contribution in [0.15, 0.2) is 48.5 Å². The molecule has 2 aromatic carbocycles. The number of carbonyl (C=O) groups excluding carboxylic acids is 1. The number of amides is 1.